The van der Waals surface area contributed by atoms with Crippen molar-refractivity contribution in [3.05, 3.63) is 0 Å². The van der Waals surface area contributed by atoms with Crippen LogP contribution in [-0.2, 0) is 9.53 Å². The number of ether oxygens (including phenoxy) is 1. The normalized spacial score (nSPS) is 18.7. The number of hydrogen-bond acceptors (Lipinski definition) is 3. The zero-order chi connectivity index (χ0) is 12.0. The molecule has 1 aliphatic rings. The van der Waals surface area contributed by atoms with Crippen molar-refractivity contribution in [1.29, 1.82) is 0 Å². The van der Waals surface area contributed by atoms with Crippen molar-refractivity contribution in [2.24, 2.45) is 0 Å². The van der Waals surface area contributed by atoms with Crippen LogP contribution in [0.5, 0.6) is 0 Å². The van der Waals surface area contributed by atoms with E-state index in [2.05, 4.69) is 4.90 Å². The van der Waals surface area contributed by atoms with Crippen molar-refractivity contribution in [3.8, 4) is 0 Å². The Hall–Kier alpha value is -0.610. The molecule has 0 saturated carbocycles. The molecule has 0 bridgehead atoms. The standard InChI is InChI=1S/C12H24N2O2/c1-4-14(5-2)12(15)10-13-8-6-11(16-3)7-9-13/h11H,4-10H2,1-3H3. The zero-order valence-electron chi connectivity index (χ0n) is 10.7. The van der Waals surface area contributed by atoms with Gasteiger partial charge in [0.2, 0.25) is 5.91 Å². The summed E-state index contributed by atoms with van der Waals surface area (Å²) in [6, 6.07) is 0. The molecule has 94 valence electrons. The Morgan fingerprint density at radius 2 is 1.88 bits per heavy atom. The highest BCUT2D eigenvalue weighted by atomic mass is 16.5. The smallest absolute Gasteiger partial charge is 0.236 e. The van der Waals surface area contributed by atoms with Crippen molar-refractivity contribution < 1.29 is 9.53 Å². The monoisotopic (exact) mass is 228 g/mol. The number of likely N-dealkylation sites (tertiary alicyclic amines) is 1. The molecule has 1 saturated heterocycles. The first kappa shape index (κ1) is 13.5. The third kappa shape index (κ3) is 3.76. The molecule has 0 atom stereocenters. The van der Waals surface area contributed by atoms with E-state index in [1.807, 2.05) is 18.7 Å². The molecule has 1 aliphatic heterocycles. The summed E-state index contributed by atoms with van der Waals surface area (Å²) in [5, 5.41) is 0. The highest BCUT2D eigenvalue weighted by Gasteiger charge is 2.21. The lowest BCUT2D eigenvalue weighted by molar-refractivity contribution is -0.132. The van der Waals surface area contributed by atoms with Crippen LogP contribution in [0, 0.1) is 0 Å². The van der Waals surface area contributed by atoms with Gasteiger partial charge in [-0.25, -0.2) is 0 Å². The fourth-order valence-electron chi connectivity index (χ4n) is 2.17. The van der Waals surface area contributed by atoms with Crippen LogP contribution in [0.3, 0.4) is 0 Å². The van der Waals surface area contributed by atoms with Crippen LogP contribution in [0.15, 0.2) is 0 Å². The quantitative estimate of drug-likeness (QED) is 0.703. The van der Waals surface area contributed by atoms with Crippen molar-refractivity contribution in [2.75, 3.05) is 39.8 Å². The minimum atomic E-state index is 0.251. The summed E-state index contributed by atoms with van der Waals surface area (Å²) in [6.45, 7) is 8.19. The second-order valence-corrected chi connectivity index (χ2v) is 4.28. The van der Waals surface area contributed by atoms with Gasteiger partial charge in [-0.05, 0) is 26.7 Å². The lowest BCUT2D eigenvalue weighted by Crippen LogP contribution is -2.44. The molecule has 0 aromatic rings. The number of likely N-dealkylation sites (N-methyl/N-ethyl adjacent to an activating group) is 1. The van der Waals surface area contributed by atoms with Crippen molar-refractivity contribution >= 4 is 5.91 Å². The summed E-state index contributed by atoms with van der Waals surface area (Å²) < 4.78 is 5.31. The fraction of sp³-hybridized carbons (Fsp3) is 0.917. The maximum absolute atomic E-state index is 11.9. The van der Waals surface area contributed by atoms with Gasteiger partial charge in [-0.15, -0.1) is 0 Å². The molecule has 4 heteroatoms. The zero-order valence-corrected chi connectivity index (χ0v) is 10.7. The molecule has 1 rings (SSSR count). The summed E-state index contributed by atoms with van der Waals surface area (Å²) in [4.78, 5) is 16.0. The summed E-state index contributed by atoms with van der Waals surface area (Å²) in [5.74, 6) is 0.251. The molecule has 0 aromatic carbocycles. The summed E-state index contributed by atoms with van der Waals surface area (Å²) in [7, 11) is 1.77. The Labute approximate surface area is 98.5 Å². The average molecular weight is 228 g/mol. The van der Waals surface area contributed by atoms with E-state index in [1.54, 1.807) is 7.11 Å². The van der Waals surface area contributed by atoms with Crippen LogP contribution in [0.1, 0.15) is 26.7 Å². The minimum absolute atomic E-state index is 0.251. The molecule has 4 nitrogen and oxygen atoms in total. The van der Waals surface area contributed by atoms with Gasteiger partial charge in [-0.1, -0.05) is 0 Å². The summed E-state index contributed by atoms with van der Waals surface area (Å²) >= 11 is 0. The predicted octanol–water partition coefficient (Wildman–Crippen LogP) is 0.966. The second kappa shape index (κ2) is 6.86. The minimum Gasteiger partial charge on any atom is -0.381 e. The molecule has 0 aromatic heterocycles. The van der Waals surface area contributed by atoms with E-state index in [4.69, 9.17) is 4.74 Å². The number of nitrogens with zero attached hydrogens (tertiary/aromatic N) is 2. The van der Waals surface area contributed by atoms with Gasteiger partial charge >= 0.3 is 0 Å². The number of methoxy groups -OCH3 is 1. The van der Waals surface area contributed by atoms with E-state index in [9.17, 15) is 4.79 Å². The second-order valence-electron chi connectivity index (χ2n) is 4.28. The molecule has 0 aliphatic carbocycles. The summed E-state index contributed by atoms with van der Waals surface area (Å²) in [6.07, 6.45) is 2.48. The molecule has 0 radical (unpaired) electrons. The third-order valence-corrected chi connectivity index (χ3v) is 3.34. The van der Waals surface area contributed by atoms with Crippen molar-refractivity contribution in [3.63, 3.8) is 0 Å². The van der Waals surface area contributed by atoms with Gasteiger partial charge in [0.05, 0.1) is 12.6 Å². The van der Waals surface area contributed by atoms with Gasteiger partial charge in [0.25, 0.3) is 0 Å². The Balaban J connectivity index is 2.30. The Morgan fingerprint density at radius 1 is 1.31 bits per heavy atom. The molecule has 0 N–H and O–H groups in total. The fourth-order valence-corrected chi connectivity index (χ4v) is 2.17. The van der Waals surface area contributed by atoms with Crippen molar-refractivity contribution in [2.45, 2.75) is 32.8 Å². The van der Waals surface area contributed by atoms with Crippen LogP contribution in [0.2, 0.25) is 0 Å². The molecular weight excluding hydrogens is 204 g/mol. The number of rotatable bonds is 5. The maximum atomic E-state index is 11.9. The Morgan fingerprint density at radius 3 is 2.31 bits per heavy atom. The first-order valence-electron chi connectivity index (χ1n) is 6.24. The molecule has 0 spiro atoms. The number of carbonyl (C=O) groups excluding carboxylic acids is 1. The lowest BCUT2D eigenvalue weighted by Gasteiger charge is -2.32. The average Bonchev–Trinajstić information content (AvgIpc) is 2.31. The number of amides is 1. The third-order valence-electron chi connectivity index (χ3n) is 3.34. The predicted molar refractivity (Wildman–Crippen MR) is 64.4 cm³/mol. The Kier molecular flexibility index (Phi) is 5.77. The summed E-state index contributed by atoms with van der Waals surface area (Å²) in [5.41, 5.74) is 0. The van der Waals surface area contributed by atoms with Gasteiger partial charge in [0, 0.05) is 33.3 Å². The van der Waals surface area contributed by atoms with Crippen LogP contribution in [0.25, 0.3) is 0 Å². The van der Waals surface area contributed by atoms with Gasteiger partial charge in [0.1, 0.15) is 0 Å². The highest BCUT2D eigenvalue weighted by Crippen LogP contribution is 2.12. The van der Waals surface area contributed by atoms with Crippen LogP contribution in [0.4, 0.5) is 0 Å². The molecule has 16 heavy (non-hydrogen) atoms. The lowest BCUT2D eigenvalue weighted by atomic mass is 10.1. The maximum Gasteiger partial charge on any atom is 0.236 e. The van der Waals surface area contributed by atoms with E-state index < -0.39 is 0 Å². The van der Waals surface area contributed by atoms with E-state index in [1.165, 1.54) is 0 Å². The molecule has 0 unspecified atom stereocenters. The van der Waals surface area contributed by atoms with Gasteiger partial charge in [0.15, 0.2) is 0 Å². The molecule has 1 heterocycles. The van der Waals surface area contributed by atoms with Crippen molar-refractivity contribution in [1.82, 2.24) is 9.80 Å². The van der Waals surface area contributed by atoms with E-state index in [-0.39, 0.29) is 5.91 Å². The number of carbonyl (C=O) groups is 1. The van der Waals surface area contributed by atoms with Gasteiger partial charge in [-0.3, -0.25) is 9.69 Å². The van der Waals surface area contributed by atoms with Crippen LogP contribution >= 0.6 is 0 Å². The largest absolute Gasteiger partial charge is 0.381 e. The van der Waals surface area contributed by atoms with E-state index in [0.29, 0.717) is 12.6 Å². The highest BCUT2D eigenvalue weighted by molar-refractivity contribution is 5.78. The molecule has 1 fully saturated rings. The molecular formula is C12H24N2O2. The van der Waals surface area contributed by atoms with Gasteiger partial charge in [-0.2, -0.15) is 0 Å². The Bertz CT molecular complexity index is 209. The van der Waals surface area contributed by atoms with E-state index >= 15 is 0 Å². The van der Waals surface area contributed by atoms with Crippen LogP contribution in [-0.4, -0.2) is 61.6 Å². The first-order valence-corrected chi connectivity index (χ1v) is 6.24. The molecule has 1 amide bonds. The number of piperidine rings is 1. The van der Waals surface area contributed by atoms with Gasteiger partial charge < -0.3 is 9.64 Å². The topological polar surface area (TPSA) is 32.8 Å². The SMILES string of the molecule is CCN(CC)C(=O)CN1CCC(OC)CC1. The van der Waals surface area contributed by atoms with E-state index in [0.717, 1.165) is 39.0 Å². The first-order chi connectivity index (χ1) is 7.71. The number of hydrogen-bond donors (Lipinski definition) is 0. The van der Waals surface area contributed by atoms with Crippen LogP contribution < -0.4 is 0 Å².